The highest BCUT2D eigenvalue weighted by Gasteiger charge is 2.44. The Balaban J connectivity index is 1.63. The Bertz CT molecular complexity index is 1090. The standard InChI is InChI=1S/C26H27F7N2O2/c1-14(16-11-17(25(28,29)30)13-18(12-16)26(31,32)33)37-21-8-7-20(35(2)22-9-10-23(36)34-22)24(21)15-3-5-19(27)6-4-15/h3-6,11-14,20-22,24H,7-10H2,1-2H3,(H,34,36)/t14-,20-,21+,22+,24-/m1/s1. The fourth-order valence-electron chi connectivity index (χ4n) is 5.36. The second kappa shape index (κ2) is 10.2. The molecule has 5 atom stereocenters. The number of hydrogen-bond acceptors (Lipinski definition) is 3. The van der Waals surface area contributed by atoms with Crippen LogP contribution in [0.15, 0.2) is 42.5 Å². The van der Waals surface area contributed by atoms with Crippen LogP contribution in [0.25, 0.3) is 0 Å². The maximum absolute atomic E-state index is 13.6. The van der Waals surface area contributed by atoms with E-state index < -0.39 is 41.5 Å². The quantitative estimate of drug-likeness (QED) is 0.437. The Morgan fingerprint density at radius 1 is 0.946 bits per heavy atom. The van der Waals surface area contributed by atoms with Crippen LogP contribution in [0.2, 0.25) is 0 Å². The number of alkyl halides is 6. The average Bonchev–Trinajstić information content (AvgIpc) is 3.44. The summed E-state index contributed by atoms with van der Waals surface area (Å²) in [6.07, 6.45) is -9.69. The first-order valence-corrected chi connectivity index (χ1v) is 12.0. The summed E-state index contributed by atoms with van der Waals surface area (Å²) in [6, 6.07) is 7.10. The first-order valence-electron chi connectivity index (χ1n) is 12.0. The number of halogens is 7. The van der Waals surface area contributed by atoms with Gasteiger partial charge in [-0.15, -0.1) is 0 Å². The summed E-state index contributed by atoms with van der Waals surface area (Å²) in [5.41, 5.74) is -2.30. The van der Waals surface area contributed by atoms with Gasteiger partial charge in [-0.1, -0.05) is 12.1 Å². The van der Waals surface area contributed by atoms with Crippen molar-refractivity contribution < 1.29 is 40.3 Å². The molecule has 1 aliphatic carbocycles. The molecule has 1 saturated heterocycles. The number of amides is 1. The summed E-state index contributed by atoms with van der Waals surface area (Å²) >= 11 is 0. The Hall–Kier alpha value is -2.66. The van der Waals surface area contributed by atoms with E-state index in [4.69, 9.17) is 4.74 Å². The third-order valence-electron chi connectivity index (χ3n) is 7.26. The predicted octanol–water partition coefficient (Wildman–Crippen LogP) is 6.42. The number of ether oxygens (including phenoxy) is 1. The van der Waals surface area contributed by atoms with Crippen molar-refractivity contribution in [3.63, 3.8) is 0 Å². The van der Waals surface area contributed by atoms with Gasteiger partial charge >= 0.3 is 12.4 Å². The molecule has 202 valence electrons. The van der Waals surface area contributed by atoms with Gasteiger partial charge in [0, 0.05) is 18.4 Å². The molecule has 1 saturated carbocycles. The lowest BCUT2D eigenvalue weighted by Gasteiger charge is -2.36. The number of carbonyl (C=O) groups is 1. The fraction of sp³-hybridized carbons (Fsp3) is 0.500. The van der Waals surface area contributed by atoms with Crippen LogP contribution in [0, 0.1) is 5.82 Å². The van der Waals surface area contributed by atoms with Gasteiger partial charge in [-0.3, -0.25) is 9.69 Å². The monoisotopic (exact) mass is 532 g/mol. The lowest BCUT2D eigenvalue weighted by Crippen LogP contribution is -2.48. The van der Waals surface area contributed by atoms with E-state index in [1.54, 1.807) is 12.1 Å². The van der Waals surface area contributed by atoms with Crippen molar-refractivity contribution >= 4 is 5.91 Å². The topological polar surface area (TPSA) is 41.6 Å². The minimum atomic E-state index is -4.96. The van der Waals surface area contributed by atoms with Gasteiger partial charge in [0.2, 0.25) is 5.91 Å². The van der Waals surface area contributed by atoms with Crippen molar-refractivity contribution in [3.8, 4) is 0 Å². The van der Waals surface area contributed by atoms with Gasteiger partial charge in [-0.2, -0.15) is 26.3 Å². The predicted molar refractivity (Wildman–Crippen MR) is 121 cm³/mol. The van der Waals surface area contributed by atoms with E-state index in [9.17, 15) is 35.5 Å². The van der Waals surface area contributed by atoms with Gasteiger partial charge < -0.3 is 10.1 Å². The molecule has 4 nitrogen and oxygen atoms in total. The zero-order chi connectivity index (χ0) is 27.1. The van der Waals surface area contributed by atoms with Gasteiger partial charge in [0.1, 0.15) is 5.82 Å². The van der Waals surface area contributed by atoms with E-state index in [1.165, 1.54) is 19.1 Å². The molecule has 1 aliphatic heterocycles. The average molecular weight is 533 g/mol. The molecule has 11 heteroatoms. The van der Waals surface area contributed by atoms with Crippen LogP contribution in [0.3, 0.4) is 0 Å². The van der Waals surface area contributed by atoms with Gasteiger partial charge in [-0.25, -0.2) is 4.39 Å². The number of nitrogens with zero attached hydrogens (tertiary/aromatic N) is 1. The first-order chi connectivity index (χ1) is 17.2. The van der Waals surface area contributed by atoms with Gasteiger partial charge in [0.25, 0.3) is 0 Å². The van der Waals surface area contributed by atoms with E-state index in [0.29, 0.717) is 37.8 Å². The minimum absolute atomic E-state index is 0.0698. The van der Waals surface area contributed by atoms with E-state index in [-0.39, 0.29) is 35.7 Å². The molecular formula is C26H27F7N2O2. The first kappa shape index (κ1) is 27.4. The molecule has 2 fully saturated rings. The zero-order valence-electron chi connectivity index (χ0n) is 20.2. The smallest absolute Gasteiger partial charge is 0.370 e. The summed E-state index contributed by atoms with van der Waals surface area (Å²) in [5.74, 6) is -0.859. The highest BCUT2D eigenvalue weighted by molar-refractivity contribution is 5.78. The van der Waals surface area contributed by atoms with E-state index in [1.807, 2.05) is 11.9 Å². The Labute approximate surface area is 209 Å². The molecular weight excluding hydrogens is 505 g/mol. The molecule has 2 aliphatic rings. The molecule has 0 radical (unpaired) electrons. The molecule has 2 aromatic rings. The molecule has 1 heterocycles. The fourth-order valence-corrected chi connectivity index (χ4v) is 5.36. The Morgan fingerprint density at radius 2 is 1.54 bits per heavy atom. The van der Waals surface area contributed by atoms with Crippen molar-refractivity contribution in [2.24, 2.45) is 0 Å². The molecule has 4 rings (SSSR count). The van der Waals surface area contributed by atoms with Crippen molar-refractivity contribution in [2.45, 2.75) is 75.3 Å². The third-order valence-corrected chi connectivity index (χ3v) is 7.26. The number of rotatable bonds is 6. The van der Waals surface area contributed by atoms with Crippen molar-refractivity contribution in [1.82, 2.24) is 10.2 Å². The maximum Gasteiger partial charge on any atom is 0.416 e. The third kappa shape index (κ3) is 6.09. The van der Waals surface area contributed by atoms with Crippen LogP contribution in [-0.4, -0.2) is 36.2 Å². The number of benzene rings is 2. The number of nitrogens with one attached hydrogen (secondary N) is 1. The zero-order valence-corrected chi connectivity index (χ0v) is 20.2. The van der Waals surface area contributed by atoms with E-state index in [0.717, 1.165) is 5.56 Å². The van der Waals surface area contributed by atoms with Crippen LogP contribution in [0.5, 0.6) is 0 Å². The highest BCUT2D eigenvalue weighted by atomic mass is 19.4. The molecule has 1 N–H and O–H groups in total. The molecule has 37 heavy (non-hydrogen) atoms. The van der Waals surface area contributed by atoms with E-state index in [2.05, 4.69) is 5.32 Å². The van der Waals surface area contributed by atoms with Crippen LogP contribution in [0.1, 0.15) is 66.9 Å². The van der Waals surface area contributed by atoms with Gasteiger partial charge in [-0.05, 0) is 74.7 Å². The highest BCUT2D eigenvalue weighted by Crippen LogP contribution is 2.44. The number of hydrogen-bond donors (Lipinski definition) is 1. The van der Waals surface area contributed by atoms with Crippen molar-refractivity contribution in [3.05, 3.63) is 70.5 Å². The molecule has 2 aromatic carbocycles. The van der Waals surface area contributed by atoms with Gasteiger partial charge in [0.05, 0.1) is 29.5 Å². The number of carbonyl (C=O) groups excluding carboxylic acids is 1. The van der Waals surface area contributed by atoms with Gasteiger partial charge in [0.15, 0.2) is 0 Å². The largest absolute Gasteiger partial charge is 0.416 e. The molecule has 0 bridgehead atoms. The Kier molecular flexibility index (Phi) is 7.58. The van der Waals surface area contributed by atoms with Crippen LogP contribution < -0.4 is 5.32 Å². The van der Waals surface area contributed by atoms with Crippen molar-refractivity contribution in [2.75, 3.05) is 7.05 Å². The number of likely N-dealkylation sites (N-methyl/N-ethyl adjacent to an activating group) is 1. The van der Waals surface area contributed by atoms with Crippen LogP contribution >= 0.6 is 0 Å². The van der Waals surface area contributed by atoms with Crippen LogP contribution in [-0.2, 0) is 21.9 Å². The van der Waals surface area contributed by atoms with E-state index >= 15 is 0 Å². The molecule has 0 unspecified atom stereocenters. The summed E-state index contributed by atoms with van der Waals surface area (Å²) in [7, 11) is 1.85. The SMILES string of the molecule is C[C@@H](O[C@H]1CC[C@@H](N(C)[C@H]2CCC(=O)N2)[C@H]1c1ccc(F)cc1)c1cc(C(F)(F)F)cc(C(F)(F)F)c1. The summed E-state index contributed by atoms with van der Waals surface area (Å²) < 4.78 is 100.0. The summed E-state index contributed by atoms with van der Waals surface area (Å²) in [5, 5.41) is 2.91. The molecule has 0 spiro atoms. The van der Waals surface area contributed by atoms with Crippen LogP contribution in [0.4, 0.5) is 30.7 Å². The molecule has 1 amide bonds. The lowest BCUT2D eigenvalue weighted by molar-refractivity contribution is -0.143. The second-order valence-corrected chi connectivity index (χ2v) is 9.67. The normalized spacial score (nSPS) is 25.5. The molecule has 0 aromatic heterocycles. The lowest BCUT2D eigenvalue weighted by atomic mass is 9.91. The van der Waals surface area contributed by atoms with Crippen molar-refractivity contribution in [1.29, 1.82) is 0 Å². The minimum Gasteiger partial charge on any atom is -0.370 e. The second-order valence-electron chi connectivity index (χ2n) is 9.67. The summed E-state index contributed by atoms with van der Waals surface area (Å²) in [4.78, 5) is 13.8. The summed E-state index contributed by atoms with van der Waals surface area (Å²) in [6.45, 7) is 1.42. The Morgan fingerprint density at radius 3 is 2.05 bits per heavy atom. The maximum atomic E-state index is 13.6.